The maximum absolute atomic E-state index is 13.3. The van der Waals surface area contributed by atoms with E-state index in [-0.39, 0.29) is 35.5 Å². The van der Waals surface area contributed by atoms with Crippen molar-refractivity contribution in [1.82, 2.24) is 9.62 Å². The average Bonchev–Trinajstić information content (AvgIpc) is 2.87. The number of benzene rings is 1. The van der Waals surface area contributed by atoms with Gasteiger partial charge in [-0.3, -0.25) is 4.79 Å². The molecule has 0 radical (unpaired) electrons. The van der Waals surface area contributed by atoms with Gasteiger partial charge in [0.05, 0.1) is 10.5 Å². The smallest absolute Gasteiger partial charge is 0.243 e. The summed E-state index contributed by atoms with van der Waals surface area (Å²) in [6.07, 6.45) is 0.519. The van der Waals surface area contributed by atoms with E-state index in [9.17, 15) is 17.6 Å². The number of hydrogen-bond donors (Lipinski definition) is 1. The van der Waals surface area contributed by atoms with Crippen LogP contribution in [0.1, 0.15) is 18.9 Å². The zero-order valence-corrected chi connectivity index (χ0v) is 12.2. The molecule has 0 spiro atoms. The van der Waals surface area contributed by atoms with Crippen LogP contribution in [0.15, 0.2) is 23.1 Å². The summed E-state index contributed by atoms with van der Waals surface area (Å²) in [5.41, 5.74) is -0.311. The number of hydrogen-bond acceptors (Lipinski definition) is 4. The molecule has 1 atom stereocenters. The van der Waals surface area contributed by atoms with Crippen molar-refractivity contribution in [2.24, 2.45) is 0 Å². The molecule has 6 nitrogen and oxygen atoms in total. The Labute approximate surface area is 122 Å². The van der Waals surface area contributed by atoms with Gasteiger partial charge in [0.15, 0.2) is 0 Å². The van der Waals surface area contributed by atoms with Gasteiger partial charge in [0.25, 0.3) is 0 Å². The lowest BCUT2D eigenvalue weighted by Crippen LogP contribution is -2.37. The van der Waals surface area contributed by atoms with Gasteiger partial charge in [-0.05, 0) is 24.6 Å². The van der Waals surface area contributed by atoms with Crippen molar-refractivity contribution in [2.45, 2.75) is 24.3 Å². The number of carbonyl (C=O) groups excluding carboxylic acids is 1. The molecule has 1 saturated heterocycles. The minimum Gasteiger partial charge on any atom is -0.352 e. The molecule has 1 aliphatic rings. The van der Waals surface area contributed by atoms with Crippen molar-refractivity contribution in [3.8, 4) is 6.07 Å². The Morgan fingerprint density at radius 2 is 2.24 bits per heavy atom. The first kappa shape index (κ1) is 15.4. The Hall–Kier alpha value is -1.98. The molecule has 0 aromatic heterocycles. The Morgan fingerprint density at radius 1 is 1.52 bits per heavy atom. The second-order valence-corrected chi connectivity index (χ2v) is 6.74. The minimum absolute atomic E-state index is 0.121. The molecule has 2 rings (SSSR count). The predicted octanol–water partition coefficient (Wildman–Crippen LogP) is 0.596. The Kier molecular flexibility index (Phi) is 4.25. The molecular formula is C13H14FN3O3S. The predicted molar refractivity (Wildman–Crippen MR) is 72.1 cm³/mol. The van der Waals surface area contributed by atoms with Gasteiger partial charge < -0.3 is 5.32 Å². The monoisotopic (exact) mass is 311 g/mol. The molecule has 21 heavy (non-hydrogen) atoms. The summed E-state index contributed by atoms with van der Waals surface area (Å²) in [4.78, 5) is 10.9. The van der Waals surface area contributed by atoms with Crippen LogP contribution in [-0.2, 0) is 14.8 Å². The fourth-order valence-electron chi connectivity index (χ4n) is 2.25. The number of nitriles is 1. The highest BCUT2D eigenvalue weighted by Crippen LogP contribution is 2.22. The fraction of sp³-hybridized carbons (Fsp3) is 0.385. The number of rotatable bonds is 3. The molecular weight excluding hydrogens is 297 g/mol. The van der Waals surface area contributed by atoms with Crippen LogP contribution in [0.5, 0.6) is 0 Å². The van der Waals surface area contributed by atoms with Crippen LogP contribution in [0.3, 0.4) is 0 Å². The van der Waals surface area contributed by atoms with Crippen molar-refractivity contribution in [3.05, 3.63) is 29.6 Å². The highest BCUT2D eigenvalue weighted by atomic mass is 32.2. The van der Waals surface area contributed by atoms with E-state index in [0.29, 0.717) is 6.42 Å². The number of nitrogens with one attached hydrogen (secondary N) is 1. The molecule has 0 aliphatic carbocycles. The molecule has 1 aromatic rings. The number of halogens is 1. The van der Waals surface area contributed by atoms with Crippen LogP contribution in [0, 0.1) is 17.1 Å². The molecule has 1 aromatic carbocycles. The number of carbonyl (C=O) groups is 1. The number of sulfonamides is 1. The lowest BCUT2D eigenvalue weighted by atomic mass is 10.2. The van der Waals surface area contributed by atoms with Gasteiger partial charge in [-0.25, -0.2) is 12.8 Å². The molecule has 1 fully saturated rings. The first-order valence-corrected chi connectivity index (χ1v) is 7.75. The number of amides is 1. The molecule has 1 aliphatic heterocycles. The van der Waals surface area contributed by atoms with Crippen LogP contribution >= 0.6 is 0 Å². The van der Waals surface area contributed by atoms with Gasteiger partial charge in [0.1, 0.15) is 11.9 Å². The lowest BCUT2D eigenvalue weighted by molar-refractivity contribution is -0.119. The van der Waals surface area contributed by atoms with Gasteiger partial charge in [-0.2, -0.15) is 9.57 Å². The van der Waals surface area contributed by atoms with Gasteiger partial charge in [-0.1, -0.05) is 0 Å². The third-order valence-electron chi connectivity index (χ3n) is 3.25. The Morgan fingerprint density at radius 3 is 2.86 bits per heavy atom. The van der Waals surface area contributed by atoms with Gasteiger partial charge in [-0.15, -0.1) is 0 Å². The van der Waals surface area contributed by atoms with Crippen molar-refractivity contribution in [1.29, 1.82) is 5.26 Å². The molecule has 1 amide bonds. The largest absolute Gasteiger partial charge is 0.352 e. The van der Waals surface area contributed by atoms with Crippen LogP contribution in [0.25, 0.3) is 0 Å². The molecule has 1 N–H and O–H groups in total. The standard InChI is InChI=1S/C13H14FN3O3S/c1-9(18)16-11-4-5-17(8-11)21(19,20)12-2-3-13(14)10(6-12)7-15/h2-3,6,11H,4-5,8H2,1H3,(H,16,18). The molecule has 0 saturated carbocycles. The van der Waals surface area contributed by atoms with E-state index in [1.54, 1.807) is 6.07 Å². The van der Waals surface area contributed by atoms with Crippen molar-refractivity contribution in [3.63, 3.8) is 0 Å². The van der Waals surface area contributed by atoms with Crippen LogP contribution in [0.4, 0.5) is 4.39 Å². The zero-order valence-electron chi connectivity index (χ0n) is 11.3. The van der Waals surface area contributed by atoms with E-state index in [1.807, 2.05) is 0 Å². The third kappa shape index (κ3) is 3.20. The molecule has 112 valence electrons. The highest BCUT2D eigenvalue weighted by Gasteiger charge is 2.33. The quantitative estimate of drug-likeness (QED) is 0.885. The van der Waals surface area contributed by atoms with Crippen molar-refractivity contribution >= 4 is 15.9 Å². The van der Waals surface area contributed by atoms with Gasteiger partial charge in [0, 0.05) is 26.1 Å². The van der Waals surface area contributed by atoms with E-state index in [1.165, 1.54) is 11.2 Å². The lowest BCUT2D eigenvalue weighted by Gasteiger charge is -2.17. The van der Waals surface area contributed by atoms with E-state index < -0.39 is 15.8 Å². The molecule has 1 heterocycles. The summed E-state index contributed by atoms with van der Waals surface area (Å²) >= 11 is 0. The number of nitrogens with zero attached hydrogens (tertiary/aromatic N) is 2. The van der Waals surface area contributed by atoms with E-state index in [0.717, 1.165) is 18.2 Å². The SMILES string of the molecule is CC(=O)NC1CCN(S(=O)(=O)c2ccc(F)c(C#N)c2)C1. The highest BCUT2D eigenvalue weighted by molar-refractivity contribution is 7.89. The second kappa shape index (κ2) is 5.79. The zero-order chi connectivity index (χ0) is 15.6. The average molecular weight is 311 g/mol. The summed E-state index contributed by atoms with van der Waals surface area (Å²) in [6, 6.07) is 4.52. The topological polar surface area (TPSA) is 90.3 Å². The first-order valence-electron chi connectivity index (χ1n) is 6.31. The van der Waals surface area contributed by atoms with E-state index in [4.69, 9.17) is 5.26 Å². The first-order chi connectivity index (χ1) is 9.84. The van der Waals surface area contributed by atoms with Crippen LogP contribution < -0.4 is 5.32 Å². The van der Waals surface area contributed by atoms with Crippen LogP contribution in [0.2, 0.25) is 0 Å². The summed E-state index contributed by atoms with van der Waals surface area (Å²) in [6.45, 7) is 1.81. The molecule has 8 heteroatoms. The second-order valence-electron chi connectivity index (χ2n) is 4.80. The van der Waals surface area contributed by atoms with Crippen LogP contribution in [-0.4, -0.2) is 37.8 Å². The minimum atomic E-state index is -3.79. The molecule has 1 unspecified atom stereocenters. The van der Waals surface area contributed by atoms with E-state index in [2.05, 4.69) is 5.32 Å². The fourth-order valence-corrected chi connectivity index (χ4v) is 3.78. The summed E-state index contributed by atoms with van der Waals surface area (Å²) in [7, 11) is -3.79. The van der Waals surface area contributed by atoms with Gasteiger partial charge >= 0.3 is 0 Å². The normalized spacial score (nSPS) is 19.2. The summed E-state index contributed by atoms with van der Waals surface area (Å²) in [5.74, 6) is -0.971. The Balaban J connectivity index is 2.24. The summed E-state index contributed by atoms with van der Waals surface area (Å²) in [5, 5.41) is 11.4. The van der Waals surface area contributed by atoms with Crippen molar-refractivity contribution in [2.75, 3.05) is 13.1 Å². The maximum atomic E-state index is 13.3. The summed E-state index contributed by atoms with van der Waals surface area (Å²) < 4.78 is 39.3. The molecule has 0 bridgehead atoms. The maximum Gasteiger partial charge on any atom is 0.243 e. The third-order valence-corrected chi connectivity index (χ3v) is 5.12. The van der Waals surface area contributed by atoms with Gasteiger partial charge in [0.2, 0.25) is 15.9 Å². The Bertz CT molecular complexity index is 712. The van der Waals surface area contributed by atoms with E-state index >= 15 is 0 Å². The van der Waals surface area contributed by atoms with Crippen molar-refractivity contribution < 1.29 is 17.6 Å².